The van der Waals surface area contributed by atoms with Gasteiger partial charge in [0, 0.05) is 5.69 Å². The van der Waals surface area contributed by atoms with Crippen molar-refractivity contribution < 1.29 is 31.2 Å². The van der Waals surface area contributed by atoms with E-state index in [-0.39, 0.29) is 17.7 Å². The topological polar surface area (TPSA) is 118 Å². The predicted octanol–water partition coefficient (Wildman–Crippen LogP) is 1.70. The van der Waals surface area contributed by atoms with Gasteiger partial charge in [0.15, 0.2) is 0 Å². The van der Waals surface area contributed by atoms with Gasteiger partial charge in [0.1, 0.15) is 0 Å². The summed E-state index contributed by atoms with van der Waals surface area (Å²) in [5.74, 6) is -3.61. The molecule has 2 amide bonds. The second-order valence-corrected chi connectivity index (χ2v) is 7.89. The average molecular weight is 429 g/mol. The first-order valence-corrected chi connectivity index (χ1v) is 9.92. The maximum atomic E-state index is 12.2. The fourth-order valence-corrected chi connectivity index (χ4v) is 3.49. The standard InChI is InChI=1S/C18H18F3N3O4S/c19-18(20,21)17(26)23-14-8-6-13(7-9-14)11-29(27,28)24-16(25)15(22)10-12-4-2-1-3-5-12/h1-9,15H,10-11,22H2,(H,23,26)(H,24,25)/t15-/m0/s1. The van der Waals surface area contributed by atoms with Gasteiger partial charge in [-0.3, -0.25) is 14.3 Å². The monoisotopic (exact) mass is 429 g/mol. The minimum atomic E-state index is -5.04. The van der Waals surface area contributed by atoms with Crippen LogP contribution in [0.15, 0.2) is 54.6 Å². The van der Waals surface area contributed by atoms with E-state index in [0.29, 0.717) is 0 Å². The van der Waals surface area contributed by atoms with Gasteiger partial charge in [-0.25, -0.2) is 8.42 Å². The van der Waals surface area contributed by atoms with Crippen molar-refractivity contribution in [1.29, 1.82) is 0 Å². The summed E-state index contributed by atoms with van der Waals surface area (Å²) in [4.78, 5) is 22.9. The Kier molecular flexibility index (Phi) is 6.98. The molecule has 0 unspecified atom stereocenters. The van der Waals surface area contributed by atoms with Gasteiger partial charge in [0.25, 0.3) is 5.91 Å². The van der Waals surface area contributed by atoms with Crippen LogP contribution in [0.3, 0.4) is 0 Å². The Bertz CT molecular complexity index is 962. The number of amides is 2. The number of rotatable bonds is 7. The molecule has 11 heteroatoms. The summed E-state index contributed by atoms with van der Waals surface area (Å²) in [6, 6.07) is 12.4. The van der Waals surface area contributed by atoms with Crippen LogP contribution >= 0.6 is 0 Å². The Morgan fingerprint density at radius 3 is 2.10 bits per heavy atom. The van der Waals surface area contributed by atoms with Gasteiger partial charge in [0.2, 0.25) is 10.0 Å². The van der Waals surface area contributed by atoms with E-state index in [1.54, 1.807) is 35.6 Å². The van der Waals surface area contributed by atoms with E-state index in [1.807, 2.05) is 4.72 Å². The number of nitrogens with two attached hydrogens (primary N) is 1. The Morgan fingerprint density at radius 1 is 0.966 bits per heavy atom. The van der Waals surface area contributed by atoms with Crippen molar-refractivity contribution in [3.05, 3.63) is 65.7 Å². The van der Waals surface area contributed by atoms with E-state index >= 15 is 0 Å². The van der Waals surface area contributed by atoms with Gasteiger partial charge < -0.3 is 11.1 Å². The molecule has 1 atom stereocenters. The van der Waals surface area contributed by atoms with Crippen LogP contribution in [0.4, 0.5) is 18.9 Å². The summed E-state index contributed by atoms with van der Waals surface area (Å²) in [5.41, 5.74) is 6.56. The molecule has 0 saturated heterocycles. The molecule has 2 aromatic rings. The molecule has 0 saturated carbocycles. The molecule has 0 aliphatic carbocycles. The maximum Gasteiger partial charge on any atom is 0.471 e. The fourth-order valence-electron chi connectivity index (χ4n) is 2.33. The van der Waals surface area contributed by atoms with Gasteiger partial charge in [0.05, 0.1) is 11.8 Å². The second kappa shape index (κ2) is 9.05. The normalized spacial score (nSPS) is 12.8. The van der Waals surface area contributed by atoms with Gasteiger partial charge >= 0.3 is 12.1 Å². The van der Waals surface area contributed by atoms with E-state index in [9.17, 15) is 31.2 Å². The number of hydrogen-bond acceptors (Lipinski definition) is 5. The summed E-state index contributed by atoms with van der Waals surface area (Å²) in [5, 5.41) is 1.64. The highest BCUT2D eigenvalue weighted by molar-refractivity contribution is 7.89. The van der Waals surface area contributed by atoms with E-state index in [0.717, 1.165) is 17.7 Å². The molecular formula is C18H18F3N3O4S. The quantitative estimate of drug-likeness (QED) is 0.619. The number of anilines is 1. The van der Waals surface area contributed by atoms with Crippen LogP contribution in [0.5, 0.6) is 0 Å². The van der Waals surface area contributed by atoms with Crippen molar-refractivity contribution >= 4 is 27.5 Å². The zero-order chi connectivity index (χ0) is 21.7. The zero-order valence-corrected chi connectivity index (χ0v) is 15.8. The highest BCUT2D eigenvalue weighted by atomic mass is 32.2. The van der Waals surface area contributed by atoms with Crippen molar-refractivity contribution in [1.82, 2.24) is 4.72 Å². The van der Waals surface area contributed by atoms with Crippen LogP contribution in [-0.2, 0) is 31.8 Å². The number of halogens is 3. The largest absolute Gasteiger partial charge is 0.471 e. The lowest BCUT2D eigenvalue weighted by atomic mass is 10.1. The summed E-state index contributed by atoms with van der Waals surface area (Å²) in [6.45, 7) is 0. The highest BCUT2D eigenvalue weighted by Crippen LogP contribution is 2.19. The molecule has 2 aromatic carbocycles. The third-order valence-electron chi connectivity index (χ3n) is 3.72. The third kappa shape index (κ3) is 7.20. The second-order valence-electron chi connectivity index (χ2n) is 6.17. The fraction of sp³-hybridized carbons (Fsp3) is 0.222. The van der Waals surface area contributed by atoms with Gasteiger partial charge in [-0.05, 0) is 29.7 Å². The Balaban J connectivity index is 1.94. The van der Waals surface area contributed by atoms with Crippen LogP contribution in [0, 0.1) is 0 Å². The molecule has 0 aliphatic rings. The summed E-state index contributed by atoms with van der Waals surface area (Å²) in [7, 11) is -4.08. The molecule has 0 heterocycles. The lowest BCUT2D eigenvalue weighted by Crippen LogP contribution is -2.44. The number of nitrogens with one attached hydrogen (secondary N) is 2. The summed E-state index contributed by atoms with van der Waals surface area (Å²) < 4.78 is 62.8. The minimum absolute atomic E-state index is 0.149. The van der Waals surface area contributed by atoms with Gasteiger partial charge in [-0.15, -0.1) is 0 Å². The molecule has 7 nitrogen and oxygen atoms in total. The van der Waals surface area contributed by atoms with E-state index in [4.69, 9.17) is 5.73 Å². The minimum Gasteiger partial charge on any atom is -0.320 e. The van der Waals surface area contributed by atoms with Crippen LogP contribution in [0.2, 0.25) is 0 Å². The lowest BCUT2D eigenvalue weighted by Gasteiger charge is -2.13. The maximum absolute atomic E-state index is 12.2. The molecule has 29 heavy (non-hydrogen) atoms. The van der Waals surface area contributed by atoms with E-state index in [1.165, 1.54) is 12.1 Å². The molecule has 0 fully saturated rings. The molecule has 0 spiro atoms. The highest BCUT2D eigenvalue weighted by Gasteiger charge is 2.38. The van der Waals surface area contributed by atoms with E-state index in [2.05, 4.69) is 0 Å². The number of carbonyl (C=O) groups excluding carboxylic acids is 2. The number of alkyl halides is 3. The number of carbonyl (C=O) groups is 2. The first-order valence-electron chi connectivity index (χ1n) is 8.27. The Labute approximate surface area is 165 Å². The molecule has 0 radical (unpaired) electrons. The average Bonchev–Trinajstić information content (AvgIpc) is 2.62. The molecule has 2 rings (SSSR count). The number of hydrogen-bond donors (Lipinski definition) is 3. The number of sulfonamides is 1. The molecule has 156 valence electrons. The summed E-state index contributed by atoms with van der Waals surface area (Å²) in [6.07, 6.45) is -4.89. The molecular weight excluding hydrogens is 411 g/mol. The van der Waals surface area contributed by atoms with Crippen LogP contribution in [0.1, 0.15) is 11.1 Å². The van der Waals surface area contributed by atoms with Crippen LogP contribution in [-0.4, -0.2) is 32.5 Å². The van der Waals surface area contributed by atoms with Crippen LogP contribution < -0.4 is 15.8 Å². The smallest absolute Gasteiger partial charge is 0.320 e. The molecule has 0 aromatic heterocycles. The first-order chi connectivity index (χ1) is 13.5. The van der Waals surface area contributed by atoms with Crippen molar-refractivity contribution in [3.63, 3.8) is 0 Å². The predicted molar refractivity (Wildman–Crippen MR) is 100 cm³/mol. The zero-order valence-electron chi connectivity index (χ0n) is 14.9. The van der Waals surface area contributed by atoms with Crippen LogP contribution in [0.25, 0.3) is 0 Å². The first kappa shape index (κ1) is 22.4. The Morgan fingerprint density at radius 2 is 1.55 bits per heavy atom. The van der Waals surface area contributed by atoms with Crippen molar-refractivity contribution in [3.8, 4) is 0 Å². The summed E-state index contributed by atoms with van der Waals surface area (Å²) >= 11 is 0. The van der Waals surface area contributed by atoms with Gasteiger partial charge in [-0.2, -0.15) is 13.2 Å². The Hall–Kier alpha value is -2.92. The van der Waals surface area contributed by atoms with Crippen molar-refractivity contribution in [2.45, 2.75) is 24.4 Å². The van der Waals surface area contributed by atoms with E-state index < -0.39 is 39.8 Å². The molecule has 4 N–H and O–H groups in total. The lowest BCUT2D eigenvalue weighted by molar-refractivity contribution is -0.167. The van der Waals surface area contributed by atoms with Gasteiger partial charge in [-0.1, -0.05) is 42.5 Å². The number of benzene rings is 2. The van der Waals surface area contributed by atoms with Crippen molar-refractivity contribution in [2.24, 2.45) is 5.73 Å². The molecule has 0 bridgehead atoms. The van der Waals surface area contributed by atoms with Crippen molar-refractivity contribution in [2.75, 3.05) is 5.32 Å². The SMILES string of the molecule is N[C@@H](Cc1ccccc1)C(=O)NS(=O)(=O)Cc1ccc(NC(=O)C(F)(F)F)cc1. The molecule has 0 aliphatic heterocycles. The third-order valence-corrected chi connectivity index (χ3v) is 4.94.